The number of ether oxygens (including phenoxy) is 1. The summed E-state index contributed by atoms with van der Waals surface area (Å²) in [5.74, 6) is 0.231. The highest BCUT2D eigenvalue weighted by Crippen LogP contribution is 2.36. The summed E-state index contributed by atoms with van der Waals surface area (Å²) in [6, 6.07) is 3.54. The van der Waals surface area contributed by atoms with E-state index >= 15 is 0 Å². The van der Waals surface area contributed by atoms with E-state index in [0.29, 0.717) is 11.4 Å². The van der Waals surface area contributed by atoms with Crippen LogP contribution in [0.4, 0.5) is 5.69 Å². The molecule has 110 valence electrons. The lowest BCUT2D eigenvalue weighted by Crippen LogP contribution is -2.32. The third-order valence-corrected chi connectivity index (χ3v) is 5.40. The monoisotopic (exact) mass is 362 g/mol. The number of anilines is 1. The molecule has 1 fully saturated rings. The number of hydrogen-bond donors (Lipinski definition) is 1. The summed E-state index contributed by atoms with van der Waals surface area (Å²) in [5.41, 5.74) is 1.48. The normalized spacial score (nSPS) is 19.5. The number of aryl methyl sites for hydroxylation is 1. The number of nitrogens with zero attached hydrogens (tertiary/aromatic N) is 1. The van der Waals surface area contributed by atoms with E-state index < -0.39 is 15.3 Å². The molecule has 1 atom stereocenters. The summed E-state index contributed by atoms with van der Waals surface area (Å²) in [5, 5.41) is 4.25. The molecule has 0 aliphatic carbocycles. The summed E-state index contributed by atoms with van der Waals surface area (Å²) in [6.45, 7) is 1.93. The highest BCUT2D eigenvalue weighted by Gasteiger charge is 2.38. The molecule has 1 amide bonds. The number of sulfonamides is 1. The summed E-state index contributed by atoms with van der Waals surface area (Å²) < 4.78 is 28.9. The van der Waals surface area contributed by atoms with E-state index in [0.717, 1.165) is 10.0 Å². The summed E-state index contributed by atoms with van der Waals surface area (Å²) in [4.78, 5) is 13.4. The topological polar surface area (TPSA) is 89.7 Å². The SMILES string of the molecule is COc1cc(Br)c(C)cc1N1CC(S(N)(=O)=O)CC1=O. The summed E-state index contributed by atoms with van der Waals surface area (Å²) in [6.07, 6.45) is -0.100. The summed E-state index contributed by atoms with van der Waals surface area (Å²) in [7, 11) is -2.23. The second kappa shape index (κ2) is 5.34. The highest BCUT2D eigenvalue weighted by atomic mass is 79.9. The van der Waals surface area contributed by atoms with E-state index in [2.05, 4.69) is 15.9 Å². The Morgan fingerprint density at radius 2 is 2.10 bits per heavy atom. The van der Waals surface area contributed by atoms with Gasteiger partial charge in [0.15, 0.2) is 0 Å². The van der Waals surface area contributed by atoms with Crippen LogP contribution in [0.3, 0.4) is 0 Å². The number of nitrogens with two attached hydrogens (primary N) is 1. The van der Waals surface area contributed by atoms with Crippen molar-refractivity contribution in [1.82, 2.24) is 0 Å². The first-order chi connectivity index (χ1) is 9.24. The van der Waals surface area contributed by atoms with Gasteiger partial charge < -0.3 is 9.64 Å². The number of carbonyl (C=O) groups is 1. The van der Waals surface area contributed by atoms with Crippen molar-refractivity contribution >= 4 is 37.5 Å². The third-order valence-electron chi connectivity index (χ3n) is 3.31. The quantitative estimate of drug-likeness (QED) is 0.873. The lowest BCUT2D eigenvalue weighted by atomic mass is 10.2. The van der Waals surface area contributed by atoms with Crippen molar-refractivity contribution in [1.29, 1.82) is 0 Å². The molecule has 1 saturated heterocycles. The van der Waals surface area contributed by atoms with Crippen molar-refractivity contribution in [2.45, 2.75) is 18.6 Å². The Morgan fingerprint density at radius 1 is 1.45 bits per heavy atom. The molecule has 1 aliphatic rings. The molecule has 1 heterocycles. The largest absolute Gasteiger partial charge is 0.495 e. The highest BCUT2D eigenvalue weighted by molar-refractivity contribution is 9.10. The molecule has 1 unspecified atom stereocenters. The minimum absolute atomic E-state index is 0.0507. The van der Waals surface area contributed by atoms with Gasteiger partial charge in [-0.3, -0.25) is 4.79 Å². The number of carbonyl (C=O) groups excluding carboxylic acids is 1. The average molecular weight is 363 g/mol. The number of amides is 1. The van der Waals surface area contributed by atoms with Gasteiger partial charge in [0.1, 0.15) is 11.0 Å². The second-order valence-corrected chi connectivity index (χ2v) is 7.39. The van der Waals surface area contributed by atoms with Crippen LogP contribution in [0.15, 0.2) is 16.6 Å². The van der Waals surface area contributed by atoms with Crippen LogP contribution in [0, 0.1) is 6.92 Å². The molecule has 8 heteroatoms. The maximum atomic E-state index is 12.0. The van der Waals surface area contributed by atoms with Crippen molar-refractivity contribution in [3.8, 4) is 5.75 Å². The standard InChI is InChI=1S/C12H15BrN2O4S/c1-7-3-10(11(19-2)5-9(7)13)15-6-8(4-12(15)16)20(14,17)18/h3,5,8H,4,6H2,1-2H3,(H2,14,17,18). The van der Waals surface area contributed by atoms with Crippen LogP contribution in [0.2, 0.25) is 0 Å². The van der Waals surface area contributed by atoms with E-state index in [1.807, 2.05) is 6.92 Å². The van der Waals surface area contributed by atoms with Gasteiger partial charge in [0.05, 0.1) is 12.8 Å². The van der Waals surface area contributed by atoms with E-state index in [4.69, 9.17) is 9.88 Å². The Morgan fingerprint density at radius 3 is 2.60 bits per heavy atom. The molecule has 0 aromatic heterocycles. The van der Waals surface area contributed by atoms with Crippen LogP contribution < -0.4 is 14.8 Å². The molecule has 2 N–H and O–H groups in total. The minimum atomic E-state index is -3.73. The fourth-order valence-corrected chi connectivity index (χ4v) is 3.20. The van der Waals surface area contributed by atoms with E-state index in [9.17, 15) is 13.2 Å². The Hall–Kier alpha value is -1.12. The zero-order valence-corrected chi connectivity index (χ0v) is 13.5. The van der Waals surface area contributed by atoms with Crippen molar-refractivity contribution < 1.29 is 17.9 Å². The van der Waals surface area contributed by atoms with Crippen molar-refractivity contribution in [2.75, 3.05) is 18.6 Å². The molecule has 0 spiro atoms. The number of halogens is 1. The Bertz CT molecular complexity index is 660. The fraction of sp³-hybridized carbons (Fsp3) is 0.417. The number of benzene rings is 1. The first kappa shape index (κ1) is 15.3. The zero-order chi connectivity index (χ0) is 15.1. The van der Waals surface area contributed by atoms with Crippen LogP contribution in [0.25, 0.3) is 0 Å². The number of methoxy groups -OCH3 is 1. The van der Waals surface area contributed by atoms with Crippen LogP contribution in [0.5, 0.6) is 5.75 Å². The number of rotatable bonds is 3. The molecule has 0 bridgehead atoms. The lowest BCUT2D eigenvalue weighted by Gasteiger charge is -2.20. The van der Waals surface area contributed by atoms with Gasteiger partial charge in [0, 0.05) is 17.4 Å². The van der Waals surface area contributed by atoms with Gasteiger partial charge >= 0.3 is 0 Å². The van der Waals surface area contributed by atoms with Crippen molar-refractivity contribution in [3.63, 3.8) is 0 Å². The van der Waals surface area contributed by atoms with Gasteiger partial charge in [-0.2, -0.15) is 0 Å². The molecule has 0 radical (unpaired) electrons. The molecule has 0 saturated carbocycles. The predicted molar refractivity (Wildman–Crippen MR) is 79.3 cm³/mol. The maximum absolute atomic E-state index is 12.0. The van der Waals surface area contributed by atoms with Gasteiger partial charge in [-0.05, 0) is 24.6 Å². The van der Waals surface area contributed by atoms with Crippen LogP contribution in [-0.2, 0) is 14.8 Å². The molecule has 1 aromatic carbocycles. The van der Waals surface area contributed by atoms with E-state index in [1.165, 1.54) is 12.0 Å². The first-order valence-electron chi connectivity index (χ1n) is 5.90. The number of hydrogen-bond acceptors (Lipinski definition) is 4. The minimum Gasteiger partial charge on any atom is -0.495 e. The van der Waals surface area contributed by atoms with Gasteiger partial charge in [-0.1, -0.05) is 15.9 Å². The maximum Gasteiger partial charge on any atom is 0.228 e. The molecule has 2 rings (SSSR count). The zero-order valence-electron chi connectivity index (χ0n) is 11.1. The van der Waals surface area contributed by atoms with Gasteiger partial charge in [0.2, 0.25) is 15.9 Å². The van der Waals surface area contributed by atoms with Gasteiger partial charge in [-0.15, -0.1) is 0 Å². The van der Waals surface area contributed by atoms with Crippen LogP contribution in [0.1, 0.15) is 12.0 Å². The fourth-order valence-electron chi connectivity index (χ4n) is 2.15. The molecule has 6 nitrogen and oxygen atoms in total. The second-order valence-electron chi connectivity index (χ2n) is 4.69. The molecule has 1 aromatic rings. The lowest BCUT2D eigenvalue weighted by molar-refractivity contribution is -0.117. The van der Waals surface area contributed by atoms with E-state index in [1.54, 1.807) is 12.1 Å². The molecule has 1 aliphatic heterocycles. The predicted octanol–water partition coefficient (Wildman–Crippen LogP) is 1.16. The first-order valence-corrected chi connectivity index (χ1v) is 8.30. The smallest absolute Gasteiger partial charge is 0.228 e. The Labute approximate surface area is 126 Å². The van der Waals surface area contributed by atoms with Crippen LogP contribution >= 0.6 is 15.9 Å². The number of primary sulfonamides is 1. The molecular weight excluding hydrogens is 348 g/mol. The third kappa shape index (κ3) is 2.82. The van der Waals surface area contributed by atoms with Crippen LogP contribution in [-0.4, -0.2) is 33.2 Å². The average Bonchev–Trinajstić information content (AvgIpc) is 2.74. The summed E-state index contributed by atoms with van der Waals surface area (Å²) >= 11 is 3.39. The molecule has 20 heavy (non-hydrogen) atoms. The van der Waals surface area contributed by atoms with E-state index in [-0.39, 0.29) is 18.9 Å². The van der Waals surface area contributed by atoms with Crippen molar-refractivity contribution in [3.05, 3.63) is 22.2 Å². The van der Waals surface area contributed by atoms with Gasteiger partial charge in [-0.25, -0.2) is 13.6 Å². The molecular formula is C12H15BrN2O4S. The van der Waals surface area contributed by atoms with Crippen molar-refractivity contribution in [2.24, 2.45) is 5.14 Å². The Kier molecular flexibility index (Phi) is 4.08. The van der Waals surface area contributed by atoms with Gasteiger partial charge in [0.25, 0.3) is 0 Å². The Balaban J connectivity index is 2.42.